The van der Waals surface area contributed by atoms with Gasteiger partial charge in [-0.05, 0) is 36.8 Å². The predicted octanol–water partition coefficient (Wildman–Crippen LogP) is 2.97. The molecule has 1 N–H and O–H groups in total. The number of carbonyl (C=O) groups is 1. The van der Waals surface area contributed by atoms with E-state index in [1.807, 2.05) is 25.3 Å². The Hall–Kier alpha value is -3.52. The number of amides is 1. The van der Waals surface area contributed by atoms with Gasteiger partial charge in [-0.1, -0.05) is 18.2 Å². The summed E-state index contributed by atoms with van der Waals surface area (Å²) in [6.45, 7) is 5.35. The van der Waals surface area contributed by atoms with Crippen molar-refractivity contribution in [2.24, 2.45) is 0 Å². The molecule has 8 nitrogen and oxygen atoms in total. The van der Waals surface area contributed by atoms with Crippen LogP contribution in [0.3, 0.4) is 0 Å². The number of nitrogens with zero attached hydrogens (tertiary/aromatic N) is 5. The van der Waals surface area contributed by atoms with E-state index in [0.717, 1.165) is 49.8 Å². The largest absolute Gasteiger partial charge is 0.459 e. The second kappa shape index (κ2) is 8.31. The van der Waals surface area contributed by atoms with Crippen molar-refractivity contribution in [2.75, 3.05) is 13.1 Å². The first-order chi connectivity index (χ1) is 15.2. The molecule has 1 atom stereocenters. The van der Waals surface area contributed by atoms with Crippen molar-refractivity contribution < 1.29 is 9.21 Å². The first-order valence-electron chi connectivity index (χ1n) is 10.5. The van der Waals surface area contributed by atoms with Gasteiger partial charge in [0.25, 0.3) is 5.91 Å². The monoisotopic (exact) mass is 416 g/mol. The van der Waals surface area contributed by atoms with Crippen LogP contribution in [0.15, 0.2) is 59.3 Å². The Morgan fingerprint density at radius 1 is 1.13 bits per heavy atom. The van der Waals surface area contributed by atoms with Gasteiger partial charge in [-0.25, -0.2) is 0 Å². The van der Waals surface area contributed by atoms with Crippen LogP contribution in [0, 0.1) is 0 Å². The van der Waals surface area contributed by atoms with Crippen molar-refractivity contribution in [1.82, 2.24) is 30.0 Å². The lowest BCUT2D eigenvalue weighted by atomic mass is 10.1. The van der Waals surface area contributed by atoms with Gasteiger partial charge in [-0.3, -0.25) is 14.7 Å². The summed E-state index contributed by atoms with van der Waals surface area (Å²) in [5.41, 5.74) is 2.30. The van der Waals surface area contributed by atoms with Crippen LogP contribution < -0.4 is 5.32 Å². The topological polar surface area (TPSA) is 89.1 Å². The van der Waals surface area contributed by atoms with Crippen LogP contribution >= 0.6 is 0 Å². The van der Waals surface area contributed by atoms with Crippen molar-refractivity contribution in [3.8, 4) is 0 Å². The highest BCUT2D eigenvalue weighted by atomic mass is 16.3. The summed E-state index contributed by atoms with van der Waals surface area (Å²) in [5, 5.41) is 12.9. The molecule has 0 unspecified atom stereocenters. The molecule has 0 spiro atoms. The van der Waals surface area contributed by atoms with E-state index in [4.69, 9.17) is 4.42 Å². The molecule has 0 aliphatic carbocycles. The number of carbonyl (C=O) groups excluding carboxylic acids is 1. The molecule has 1 aliphatic heterocycles. The number of benzene rings is 1. The third kappa shape index (κ3) is 3.94. The van der Waals surface area contributed by atoms with Crippen LogP contribution in [0.5, 0.6) is 0 Å². The number of rotatable bonds is 5. The molecule has 1 amide bonds. The molecule has 158 valence electrons. The van der Waals surface area contributed by atoms with Crippen molar-refractivity contribution in [3.05, 3.63) is 77.9 Å². The smallest absolute Gasteiger partial charge is 0.287 e. The molecule has 5 rings (SSSR count). The van der Waals surface area contributed by atoms with Crippen LogP contribution in [0.25, 0.3) is 10.9 Å². The summed E-state index contributed by atoms with van der Waals surface area (Å²) in [6, 6.07) is 13.5. The van der Waals surface area contributed by atoms with Crippen molar-refractivity contribution in [3.63, 3.8) is 0 Å². The van der Waals surface area contributed by atoms with Gasteiger partial charge < -0.3 is 14.3 Å². The van der Waals surface area contributed by atoms with Crippen LogP contribution in [-0.2, 0) is 19.5 Å². The highest BCUT2D eigenvalue weighted by molar-refractivity contribution is 5.91. The molecule has 0 bridgehead atoms. The minimum Gasteiger partial charge on any atom is -0.459 e. The zero-order chi connectivity index (χ0) is 21.2. The molecule has 3 aromatic heterocycles. The van der Waals surface area contributed by atoms with Gasteiger partial charge in [0.1, 0.15) is 5.82 Å². The molecule has 1 aliphatic rings. The maximum absolute atomic E-state index is 12.3. The Labute approximate surface area is 179 Å². The molecule has 8 heteroatoms. The van der Waals surface area contributed by atoms with Crippen molar-refractivity contribution in [1.29, 1.82) is 0 Å². The average molecular weight is 416 g/mol. The molecule has 1 aromatic carbocycles. The minimum absolute atomic E-state index is 0.255. The third-order valence-electron chi connectivity index (χ3n) is 5.76. The number of pyridine rings is 1. The SMILES string of the molecule is C[C@H](NC(=O)c1ccco1)c1nnc2n1CCN(Cc1cccc3ncccc13)CC2. The van der Waals surface area contributed by atoms with E-state index in [9.17, 15) is 4.79 Å². The Bertz CT molecular complexity index is 1190. The van der Waals surface area contributed by atoms with E-state index >= 15 is 0 Å². The molecule has 31 heavy (non-hydrogen) atoms. The summed E-state index contributed by atoms with van der Waals surface area (Å²) in [4.78, 5) is 19.2. The predicted molar refractivity (Wildman–Crippen MR) is 115 cm³/mol. The maximum atomic E-state index is 12.3. The Morgan fingerprint density at radius 3 is 2.94 bits per heavy atom. The summed E-state index contributed by atoms with van der Waals surface area (Å²) < 4.78 is 7.32. The zero-order valence-electron chi connectivity index (χ0n) is 17.4. The number of furan rings is 1. The van der Waals surface area contributed by atoms with Gasteiger partial charge in [0.2, 0.25) is 0 Å². The highest BCUT2D eigenvalue weighted by Gasteiger charge is 2.23. The van der Waals surface area contributed by atoms with Crippen molar-refractivity contribution >= 4 is 16.8 Å². The standard InChI is InChI=1S/C23H24N6O2/c1-16(25-23(30)20-8-4-14-31-20)22-27-26-21-9-11-28(12-13-29(21)22)15-17-5-2-7-19-18(17)6-3-10-24-19/h2-8,10,14,16H,9,11-13,15H2,1H3,(H,25,30)/t16-/m0/s1. The van der Waals surface area contributed by atoms with Crippen LogP contribution in [0.1, 0.15) is 40.7 Å². The molecule has 4 aromatic rings. The Morgan fingerprint density at radius 2 is 2.06 bits per heavy atom. The summed E-state index contributed by atoms with van der Waals surface area (Å²) in [7, 11) is 0. The van der Waals surface area contributed by atoms with Gasteiger partial charge in [0.15, 0.2) is 11.6 Å². The zero-order valence-corrected chi connectivity index (χ0v) is 17.4. The van der Waals surface area contributed by atoms with E-state index in [1.54, 1.807) is 12.1 Å². The number of hydrogen-bond acceptors (Lipinski definition) is 6. The second-order valence-electron chi connectivity index (χ2n) is 7.81. The van der Waals surface area contributed by atoms with E-state index in [1.165, 1.54) is 17.2 Å². The van der Waals surface area contributed by atoms with Crippen molar-refractivity contribution in [2.45, 2.75) is 32.5 Å². The Balaban J connectivity index is 1.29. The van der Waals surface area contributed by atoms with Crippen LogP contribution in [0.4, 0.5) is 0 Å². The molecule has 4 heterocycles. The molecule has 0 radical (unpaired) electrons. The van der Waals surface area contributed by atoms with Gasteiger partial charge in [0, 0.05) is 44.2 Å². The molecule has 0 fully saturated rings. The normalized spacial score (nSPS) is 15.4. The fraction of sp³-hybridized carbons (Fsp3) is 0.304. The maximum Gasteiger partial charge on any atom is 0.287 e. The molecule has 0 saturated heterocycles. The lowest BCUT2D eigenvalue weighted by Gasteiger charge is -2.21. The average Bonchev–Trinajstić information content (AvgIpc) is 3.42. The molecular weight excluding hydrogens is 392 g/mol. The fourth-order valence-corrected chi connectivity index (χ4v) is 4.15. The highest BCUT2D eigenvalue weighted by Crippen LogP contribution is 2.21. The Kier molecular flexibility index (Phi) is 5.21. The second-order valence-corrected chi connectivity index (χ2v) is 7.81. The molecular formula is C23H24N6O2. The first-order valence-corrected chi connectivity index (χ1v) is 10.5. The van der Waals surface area contributed by atoms with Gasteiger partial charge >= 0.3 is 0 Å². The summed E-state index contributed by atoms with van der Waals surface area (Å²) in [6.07, 6.45) is 4.13. The first kappa shape index (κ1) is 19.4. The van der Waals surface area contributed by atoms with Gasteiger partial charge in [-0.15, -0.1) is 10.2 Å². The summed E-state index contributed by atoms with van der Waals surface area (Å²) >= 11 is 0. The van der Waals surface area contributed by atoms with E-state index in [-0.39, 0.29) is 11.9 Å². The van der Waals surface area contributed by atoms with Crippen LogP contribution in [0.2, 0.25) is 0 Å². The number of fused-ring (bicyclic) bond motifs is 2. The summed E-state index contributed by atoms with van der Waals surface area (Å²) in [5.74, 6) is 1.76. The fourth-order valence-electron chi connectivity index (χ4n) is 4.15. The third-order valence-corrected chi connectivity index (χ3v) is 5.76. The number of hydrogen-bond donors (Lipinski definition) is 1. The molecule has 0 saturated carbocycles. The van der Waals surface area contributed by atoms with E-state index in [2.05, 4.69) is 48.2 Å². The lowest BCUT2D eigenvalue weighted by Crippen LogP contribution is -2.30. The lowest BCUT2D eigenvalue weighted by molar-refractivity contribution is 0.0909. The van der Waals surface area contributed by atoms with Gasteiger partial charge in [0.05, 0.1) is 17.8 Å². The van der Waals surface area contributed by atoms with Gasteiger partial charge in [-0.2, -0.15) is 0 Å². The minimum atomic E-state index is -0.269. The van der Waals surface area contributed by atoms with E-state index in [0.29, 0.717) is 5.76 Å². The quantitative estimate of drug-likeness (QED) is 0.538. The number of nitrogens with one attached hydrogen (secondary N) is 1. The number of aromatic nitrogens is 4. The van der Waals surface area contributed by atoms with E-state index < -0.39 is 0 Å². The van der Waals surface area contributed by atoms with Crippen LogP contribution in [-0.4, -0.2) is 43.6 Å².